The first-order valence-corrected chi connectivity index (χ1v) is 12.1. The smallest absolute Gasteiger partial charge is 0.233 e. The Morgan fingerprint density at radius 2 is 1.50 bits per heavy atom. The number of carbonyl (C=O) groups is 1. The number of hydrogen-bond acceptors (Lipinski definition) is 6. The van der Waals surface area contributed by atoms with Crippen molar-refractivity contribution in [2.45, 2.75) is 17.9 Å². The van der Waals surface area contributed by atoms with Gasteiger partial charge in [-0.25, -0.2) is 14.4 Å². The Labute approximate surface area is 191 Å². The molecule has 2 aliphatic heterocycles. The molecule has 0 N–H and O–H groups in total. The monoisotopic (exact) mass is 451 g/mol. The number of piperazine rings is 1. The lowest BCUT2D eigenvalue weighted by molar-refractivity contribution is -0.128. The summed E-state index contributed by atoms with van der Waals surface area (Å²) in [6.45, 7) is 4.80. The number of para-hydroxylation sites is 2. The maximum absolute atomic E-state index is 13.2. The van der Waals surface area contributed by atoms with E-state index in [0.29, 0.717) is 18.8 Å². The zero-order valence-electron chi connectivity index (χ0n) is 17.9. The Bertz CT molecular complexity index is 1100. The molecule has 0 unspecified atom stereocenters. The summed E-state index contributed by atoms with van der Waals surface area (Å²) in [6.07, 6.45) is 2.33. The first-order chi connectivity index (χ1) is 15.7. The minimum absolute atomic E-state index is 0.121. The average molecular weight is 452 g/mol. The molecule has 0 radical (unpaired) electrons. The summed E-state index contributed by atoms with van der Waals surface area (Å²) in [6, 6.07) is 14.4. The molecular weight excluding hydrogens is 425 g/mol. The van der Waals surface area contributed by atoms with Gasteiger partial charge < -0.3 is 14.7 Å². The highest BCUT2D eigenvalue weighted by Crippen LogP contribution is 2.31. The third-order valence-electron chi connectivity index (χ3n) is 6.08. The van der Waals surface area contributed by atoms with Gasteiger partial charge >= 0.3 is 0 Å². The van der Waals surface area contributed by atoms with E-state index in [-0.39, 0.29) is 11.7 Å². The Hall–Kier alpha value is -2.87. The van der Waals surface area contributed by atoms with Gasteiger partial charge in [-0.1, -0.05) is 23.9 Å². The van der Waals surface area contributed by atoms with Gasteiger partial charge in [-0.2, -0.15) is 0 Å². The van der Waals surface area contributed by atoms with Gasteiger partial charge in [-0.3, -0.25) is 4.79 Å². The molecule has 32 heavy (non-hydrogen) atoms. The molecule has 0 bridgehead atoms. The van der Waals surface area contributed by atoms with Gasteiger partial charge in [0.15, 0.2) is 5.82 Å². The highest BCUT2D eigenvalue weighted by molar-refractivity contribution is 8.00. The standard InChI is InChI=1S/C24H26FN5OS/c25-18-7-9-19(10-8-18)28-13-15-29(16-14-28)22(31)17-32-24-23(30-11-3-4-12-30)26-20-5-1-2-6-21(20)27-24/h1-2,5-10H,3-4,11-17H2. The average Bonchev–Trinajstić information content (AvgIpc) is 3.37. The molecule has 3 aromatic rings. The highest BCUT2D eigenvalue weighted by Gasteiger charge is 2.24. The summed E-state index contributed by atoms with van der Waals surface area (Å²) >= 11 is 1.49. The fraction of sp³-hybridized carbons (Fsp3) is 0.375. The summed E-state index contributed by atoms with van der Waals surface area (Å²) in [7, 11) is 0. The number of hydrogen-bond donors (Lipinski definition) is 0. The number of anilines is 2. The van der Waals surface area contributed by atoms with E-state index in [1.54, 1.807) is 12.1 Å². The van der Waals surface area contributed by atoms with E-state index < -0.39 is 0 Å². The predicted molar refractivity (Wildman–Crippen MR) is 127 cm³/mol. The first kappa shape index (κ1) is 21.0. The van der Waals surface area contributed by atoms with Crippen LogP contribution in [0.15, 0.2) is 53.6 Å². The van der Waals surface area contributed by atoms with Crippen molar-refractivity contribution in [2.24, 2.45) is 0 Å². The number of amides is 1. The van der Waals surface area contributed by atoms with Crippen molar-refractivity contribution in [3.63, 3.8) is 0 Å². The summed E-state index contributed by atoms with van der Waals surface area (Å²) in [5.41, 5.74) is 2.75. The second-order valence-corrected chi connectivity index (χ2v) is 9.13. The van der Waals surface area contributed by atoms with Gasteiger partial charge in [0.05, 0.1) is 16.8 Å². The number of rotatable bonds is 5. The molecule has 6 nitrogen and oxygen atoms in total. The van der Waals surface area contributed by atoms with Crippen LogP contribution in [0.2, 0.25) is 0 Å². The lowest BCUT2D eigenvalue weighted by Crippen LogP contribution is -2.49. The molecule has 2 aromatic carbocycles. The van der Waals surface area contributed by atoms with Gasteiger partial charge in [0.2, 0.25) is 5.91 Å². The van der Waals surface area contributed by atoms with Crippen molar-refractivity contribution in [2.75, 3.05) is 54.8 Å². The number of fused-ring (bicyclic) bond motifs is 1. The molecule has 166 valence electrons. The molecule has 0 spiro atoms. The van der Waals surface area contributed by atoms with Crippen LogP contribution in [0.1, 0.15) is 12.8 Å². The van der Waals surface area contributed by atoms with Crippen molar-refractivity contribution in [3.8, 4) is 0 Å². The molecule has 1 amide bonds. The van der Waals surface area contributed by atoms with E-state index in [1.807, 2.05) is 29.2 Å². The van der Waals surface area contributed by atoms with Crippen LogP contribution in [-0.4, -0.2) is 65.8 Å². The molecule has 0 saturated carbocycles. The zero-order valence-corrected chi connectivity index (χ0v) is 18.7. The first-order valence-electron chi connectivity index (χ1n) is 11.1. The van der Waals surface area contributed by atoms with E-state index in [2.05, 4.69) is 9.80 Å². The Morgan fingerprint density at radius 1 is 0.844 bits per heavy atom. The number of carbonyl (C=O) groups excluding carboxylic acids is 1. The summed E-state index contributed by atoms with van der Waals surface area (Å²) in [5, 5.41) is 0.837. The van der Waals surface area contributed by atoms with Crippen LogP contribution in [0.3, 0.4) is 0 Å². The fourth-order valence-corrected chi connectivity index (χ4v) is 5.20. The van der Waals surface area contributed by atoms with E-state index in [4.69, 9.17) is 9.97 Å². The van der Waals surface area contributed by atoms with Gasteiger partial charge in [-0.05, 0) is 49.2 Å². The number of nitrogens with zero attached hydrogens (tertiary/aromatic N) is 5. The predicted octanol–water partition coefficient (Wildman–Crippen LogP) is 3.81. The summed E-state index contributed by atoms with van der Waals surface area (Å²) in [4.78, 5) is 29.0. The van der Waals surface area contributed by atoms with Crippen LogP contribution < -0.4 is 9.80 Å². The molecular formula is C24H26FN5OS. The molecule has 2 fully saturated rings. The molecule has 1 aromatic heterocycles. The highest BCUT2D eigenvalue weighted by atomic mass is 32.2. The van der Waals surface area contributed by atoms with E-state index in [9.17, 15) is 9.18 Å². The van der Waals surface area contributed by atoms with E-state index >= 15 is 0 Å². The third-order valence-corrected chi connectivity index (χ3v) is 7.02. The lowest BCUT2D eigenvalue weighted by Gasteiger charge is -2.36. The Morgan fingerprint density at radius 3 is 2.19 bits per heavy atom. The number of aromatic nitrogens is 2. The SMILES string of the molecule is O=C(CSc1nc2ccccc2nc1N1CCCC1)N1CCN(c2ccc(F)cc2)CC1. The normalized spacial score (nSPS) is 16.7. The van der Waals surface area contributed by atoms with Crippen LogP contribution in [0, 0.1) is 5.82 Å². The van der Waals surface area contributed by atoms with E-state index in [1.165, 1.54) is 23.9 Å². The molecule has 5 rings (SSSR count). The quantitative estimate of drug-likeness (QED) is 0.550. The minimum Gasteiger partial charge on any atom is -0.368 e. The molecule has 0 aliphatic carbocycles. The molecule has 3 heterocycles. The maximum atomic E-state index is 13.2. The third kappa shape index (κ3) is 4.50. The van der Waals surface area contributed by atoms with Gasteiger partial charge in [0, 0.05) is 45.0 Å². The number of thioether (sulfide) groups is 1. The van der Waals surface area contributed by atoms with Crippen LogP contribution in [-0.2, 0) is 4.79 Å². The van der Waals surface area contributed by atoms with Crippen molar-refractivity contribution >= 4 is 40.2 Å². The fourth-order valence-electron chi connectivity index (χ4n) is 4.29. The second-order valence-electron chi connectivity index (χ2n) is 8.17. The van der Waals surface area contributed by atoms with Gasteiger partial charge in [0.25, 0.3) is 0 Å². The molecule has 0 atom stereocenters. The van der Waals surface area contributed by atoms with Crippen molar-refractivity contribution in [3.05, 3.63) is 54.3 Å². The summed E-state index contributed by atoms with van der Waals surface area (Å²) in [5.74, 6) is 1.14. The van der Waals surface area contributed by atoms with Gasteiger partial charge in [0.1, 0.15) is 10.8 Å². The number of benzene rings is 2. The van der Waals surface area contributed by atoms with Crippen molar-refractivity contribution < 1.29 is 9.18 Å². The second kappa shape index (κ2) is 9.32. The van der Waals surface area contributed by atoms with Crippen LogP contribution in [0.25, 0.3) is 11.0 Å². The number of halogens is 1. The molecule has 2 aliphatic rings. The molecule has 8 heteroatoms. The van der Waals surface area contributed by atoms with Crippen LogP contribution in [0.4, 0.5) is 15.9 Å². The largest absolute Gasteiger partial charge is 0.368 e. The van der Waals surface area contributed by atoms with Gasteiger partial charge in [-0.15, -0.1) is 0 Å². The molecule has 2 saturated heterocycles. The van der Waals surface area contributed by atoms with Crippen molar-refractivity contribution in [1.29, 1.82) is 0 Å². The topological polar surface area (TPSA) is 52.6 Å². The lowest BCUT2D eigenvalue weighted by atomic mass is 10.2. The Balaban J connectivity index is 1.24. The Kier molecular flexibility index (Phi) is 6.12. The van der Waals surface area contributed by atoms with Crippen LogP contribution >= 0.6 is 11.8 Å². The van der Waals surface area contributed by atoms with E-state index in [0.717, 1.165) is 66.6 Å². The van der Waals surface area contributed by atoms with Crippen LogP contribution in [0.5, 0.6) is 0 Å². The zero-order chi connectivity index (χ0) is 21.9. The summed E-state index contributed by atoms with van der Waals surface area (Å²) < 4.78 is 13.2. The van der Waals surface area contributed by atoms with Crippen molar-refractivity contribution in [1.82, 2.24) is 14.9 Å². The maximum Gasteiger partial charge on any atom is 0.233 e. The minimum atomic E-state index is -0.232.